The predicted octanol–water partition coefficient (Wildman–Crippen LogP) is 2.94. The van der Waals surface area contributed by atoms with E-state index in [1.165, 1.54) is 5.69 Å². The fourth-order valence-electron chi connectivity index (χ4n) is 2.77. The highest BCUT2D eigenvalue weighted by molar-refractivity contribution is 5.51. The number of rotatable bonds is 5. The monoisotopic (exact) mass is 284 g/mol. The second-order valence-electron chi connectivity index (χ2n) is 4.99. The summed E-state index contributed by atoms with van der Waals surface area (Å²) in [6.07, 6.45) is 0. The molecule has 0 saturated heterocycles. The molecule has 0 bridgehead atoms. The number of hydrogen-bond donors (Lipinski definition) is 1. The Hall–Kier alpha value is -2.20. The average molecular weight is 284 g/mol. The molecule has 2 aromatic rings. The molecule has 2 N–H and O–H groups in total. The number of para-hydroxylation sites is 1. The van der Waals surface area contributed by atoms with E-state index in [0.717, 1.165) is 23.6 Å². The van der Waals surface area contributed by atoms with E-state index in [1.807, 2.05) is 30.3 Å². The third-order valence-corrected chi connectivity index (χ3v) is 3.81. The van der Waals surface area contributed by atoms with Crippen LogP contribution < -0.4 is 20.1 Å². The van der Waals surface area contributed by atoms with Crippen molar-refractivity contribution in [3.63, 3.8) is 0 Å². The van der Waals surface area contributed by atoms with Gasteiger partial charge in [0.05, 0.1) is 6.04 Å². The van der Waals surface area contributed by atoms with Crippen molar-refractivity contribution in [2.75, 3.05) is 24.8 Å². The Morgan fingerprint density at radius 2 is 1.86 bits per heavy atom. The highest BCUT2D eigenvalue weighted by Gasteiger charge is 2.21. The highest BCUT2D eigenvalue weighted by Crippen LogP contribution is 2.36. The van der Waals surface area contributed by atoms with Crippen molar-refractivity contribution in [3.05, 3.63) is 54.1 Å². The van der Waals surface area contributed by atoms with Crippen molar-refractivity contribution >= 4 is 5.69 Å². The van der Waals surface area contributed by atoms with E-state index >= 15 is 0 Å². The zero-order valence-corrected chi connectivity index (χ0v) is 12.2. The van der Waals surface area contributed by atoms with Crippen LogP contribution in [0.1, 0.15) is 18.5 Å². The van der Waals surface area contributed by atoms with Crippen molar-refractivity contribution < 1.29 is 9.47 Å². The molecule has 4 heteroatoms. The number of benzene rings is 2. The lowest BCUT2D eigenvalue weighted by molar-refractivity contribution is 0.174. The first-order valence-corrected chi connectivity index (χ1v) is 7.24. The van der Waals surface area contributed by atoms with E-state index < -0.39 is 0 Å². The summed E-state index contributed by atoms with van der Waals surface area (Å²) in [5, 5.41) is 0. The summed E-state index contributed by atoms with van der Waals surface area (Å²) in [6.45, 7) is 3.87. The van der Waals surface area contributed by atoms with Gasteiger partial charge in [0.15, 0.2) is 11.5 Å². The van der Waals surface area contributed by atoms with Crippen LogP contribution in [0, 0.1) is 0 Å². The van der Waals surface area contributed by atoms with Crippen molar-refractivity contribution in [1.82, 2.24) is 0 Å². The number of anilines is 1. The van der Waals surface area contributed by atoms with Gasteiger partial charge in [-0.15, -0.1) is 0 Å². The molecule has 0 fully saturated rings. The van der Waals surface area contributed by atoms with Gasteiger partial charge in [0, 0.05) is 18.8 Å². The molecule has 4 nitrogen and oxygen atoms in total. The molecule has 0 spiro atoms. The summed E-state index contributed by atoms with van der Waals surface area (Å²) >= 11 is 0. The Labute approximate surface area is 125 Å². The minimum Gasteiger partial charge on any atom is -0.454 e. The van der Waals surface area contributed by atoms with Gasteiger partial charge in [0.25, 0.3) is 0 Å². The van der Waals surface area contributed by atoms with Gasteiger partial charge < -0.3 is 20.1 Å². The number of nitrogens with two attached hydrogens (primary N) is 1. The largest absolute Gasteiger partial charge is 0.454 e. The zero-order chi connectivity index (χ0) is 14.7. The maximum atomic E-state index is 6.05. The molecule has 1 unspecified atom stereocenters. The highest BCUT2D eigenvalue weighted by atomic mass is 16.7. The molecule has 1 aliphatic heterocycles. The number of likely N-dealkylation sites (N-methyl/N-ethyl adjacent to an activating group) is 1. The first-order chi connectivity index (χ1) is 10.3. The van der Waals surface area contributed by atoms with E-state index in [2.05, 4.69) is 30.0 Å². The lowest BCUT2D eigenvalue weighted by Crippen LogP contribution is -2.33. The Kier molecular flexibility index (Phi) is 3.97. The van der Waals surface area contributed by atoms with Crippen LogP contribution in [0.5, 0.6) is 11.5 Å². The maximum absolute atomic E-state index is 6.05. The number of hydrogen-bond acceptors (Lipinski definition) is 4. The van der Waals surface area contributed by atoms with Gasteiger partial charge in [-0.05, 0) is 36.8 Å². The topological polar surface area (TPSA) is 47.7 Å². The Bertz CT molecular complexity index is 601. The number of ether oxygens (including phenoxy) is 2. The average Bonchev–Trinajstić information content (AvgIpc) is 3.00. The summed E-state index contributed by atoms with van der Waals surface area (Å²) < 4.78 is 10.8. The Morgan fingerprint density at radius 1 is 1.10 bits per heavy atom. The SMILES string of the molecule is CCN(c1ccccc1)C(CN)c1ccc2c(c1)OCO2. The van der Waals surface area contributed by atoms with Crippen LogP contribution in [-0.4, -0.2) is 19.9 Å². The van der Waals surface area contributed by atoms with Gasteiger partial charge in [-0.3, -0.25) is 0 Å². The van der Waals surface area contributed by atoms with Gasteiger partial charge in [-0.25, -0.2) is 0 Å². The molecule has 1 aliphatic rings. The van der Waals surface area contributed by atoms with Gasteiger partial charge >= 0.3 is 0 Å². The van der Waals surface area contributed by atoms with Crippen LogP contribution in [0.4, 0.5) is 5.69 Å². The van der Waals surface area contributed by atoms with Gasteiger partial charge in [0.1, 0.15) is 0 Å². The molecule has 1 atom stereocenters. The normalized spacial score (nSPS) is 14.0. The van der Waals surface area contributed by atoms with E-state index in [4.69, 9.17) is 15.2 Å². The summed E-state index contributed by atoms with van der Waals surface area (Å²) in [6, 6.07) is 16.5. The predicted molar refractivity (Wildman–Crippen MR) is 83.8 cm³/mol. The summed E-state index contributed by atoms with van der Waals surface area (Å²) in [5.41, 5.74) is 8.37. The molecule has 0 aliphatic carbocycles. The third-order valence-electron chi connectivity index (χ3n) is 3.81. The summed E-state index contributed by atoms with van der Waals surface area (Å²) in [7, 11) is 0. The van der Waals surface area contributed by atoms with Crippen molar-refractivity contribution in [3.8, 4) is 11.5 Å². The zero-order valence-electron chi connectivity index (χ0n) is 12.2. The quantitative estimate of drug-likeness (QED) is 0.917. The van der Waals surface area contributed by atoms with Crippen molar-refractivity contribution in [1.29, 1.82) is 0 Å². The van der Waals surface area contributed by atoms with Crippen LogP contribution >= 0.6 is 0 Å². The smallest absolute Gasteiger partial charge is 0.231 e. The Morgan fingerprint density at radius 3 is 2.57 bits per heavy atom. The number of nitrogens with zero attached hydrogens (tertiary/aromatic N) is 1. The second-order valence-corrected chi connectivity index (χ2v) is 4.99. The molecule has 1 heterocycles. The van der Waals surface area contributed by atoms with Gasteiger partial charge in [-0.1, -0.05) is 24.3 Å². The molecule has 0 saturated carbocycles. The summed E-state index contributed by atoms with van der Waals surface area (Å²) in [4.78, 5) is 2.30. The van der Waals surface area contributed by atoms with Crippen LogP contribution in [0.3, 0.4) is 0 Å². The maximum Gasteiger partial charge on any atom is 0.231 e. The molecule has 0 radical (unpaired) electrons. The van der Waals surface area contributed by atoms with E-state index in [9.17, 15) is 0 Å². The molecule has 110 valence electrons. The van der Waals surface area contributed by atoms with Gasteiger partial charge in [-0.2, -0.15) is 0 Å². The van der Waals surface area contributed by atoms with Gasteiger partial charge in [0.2, 0.25) is 6.79 Å². The van der Waals surface area contributed by atoms with Crippen molar-refractivity contribution in [2.45, 2.75) is 13.0 Å². The van der Waals surface area contributed by atoms with E-state index in [0.29, 0.717) is 13.3 Å². The number of fused-ring (bicyclic) bond motifs is 1. The molecule has 2 aromatic carbocycles. The summed E-state index contributed by atoms with van der Waals surface area (Å²) in [5.74, 6) is 1.60. The van der Waals surface area contributed by atoms with Crippen LogP contribution in [0.15, 0.2) is 48.5 Å². The van der Waals surface area contributed by atoms with Crippen molar-refractivity contribution in [2.24, 2.45) is 5.73 Å². The third kappa shape index (κ3) is 2.67. The second kappa shape index (κ2) is 6.06. The first-order valence-electron chi connectivity index (χ1n) is 7.24. The minimum absolute atomic E-state index is 0.117. The molecule has 21 heavy (non-hydrogen) atoms. The lowest BCUT2D eigenvalue weighted by atomic mass is 10.0. The fraction of sp³-hybridized carbons (Fsp3) is 0.294. The van der Waals surface area contributed by atoms with E-state index in [-0.39, 0.29) is 6.04 Å². The van der Waals surface area contributed by atoms with Crippen LogP contribution in [-0.2, 0) is 0 Å². The molecular formula is C17H20N2O2. The minimum atomic E-state index is 0.117. The molecular weight excluding hydrogens is 264 g/mol. The standard InChI is InChI=1S/C17H20N2O2/c1-2-19(14-6-4-3-5-7-14)15(11-18)13-8-9-16-17(10-13)21-12-20-16/h3-10,15H,2,11-12,18H2,1H3. The van der Waals surface area contributed by atoms with Crippen LogP contribution in [0.25, 0.3) is 0 Å². The fourth-order valence-corrected chi connectivity index (χ4v) is 2.77. The van der Waals surface area contributed by atoms with Crippen LogP contribution in [0.2, 0.25) is 0 Å². The molecule has 0 amide bonds. The lowest BCUT2D eigenvalue weighted by Gasteiger charge is -2.32. The first kappa shape index (κ1) is 13.8. The van der Waals surface area contributed by atoms with E-state index in [1.54, 1.807) is 0 Å². The molecule has 0 aromatic heterocycles. The Balaban J connectivity index is 1.93. The molecule has 3 rings (SSSR count).